The second-order valence-corrected chi connectivity index (χ2v) is 9.04. The van der Waals surface area contributed by atoms with Gasteiger partial charge < -0.3 is 9.64 Å². The van der Waals surface area contributed by atoms with Crippen molar-refractivity contribution >= 4 is 11.9 Å². The van der Waals surface area contributed by atoms with Crippen LogP contribution in [0, 0.1) is 23.2 Å². The number of nitrogens with zero attached hydrogens (tertiary/aromatic N) is 1. The van der Waals surface area contributed by atoms with Crippen LogP contribution in [0.15, 0.2) is 30.3 Å². The summed E-state index contributed by atoms with van der Waals surface area (Å²) < 4.78 is 5.26. The SMILES string of the molecule is CCOC(=O)C(C)N(Cc1ccccc1)C(=O)C12CC3CC(CC(C3)C1)C2. The van der Waals surface area contributed by atoms with Gasteiger partial charge in [-0.3, -0.25) is 4.79 Å². The topological polar surface area (TPSA) is 46.6 Å². The normalized spacial score (nSPS) is 32.1. The third-order valence-corrected chi connectivity index (χ3v) is 7.04. The van der Waals surface area contributed by atoms with E-state index in [2.05, 4.69) is 0 Å². The van der Waals surface area contributed by atoms with Crippen LogP contribution in [0.25, 0.3) is 0 Å². The van der Waals surface area contributed by atoms with E-state index in [1.807, 2.05) is 44.2 Å². The number of rotatable bonds is 6. The summed E-state index contributed by atoms with van der Waals surface area (Å²) in [5, 5.41) is 0. The van der Waals surface area contributed by atoms with Gasteiger partial charge in [0.05, 0.1) is 12.0 Å². The highest BCUT2D eigenvalue weighted by Crippen LogP contribution is 2.60. The molecule has 4 saturated carbocycles. The van der Waals surface area contributed by atoms with Crippen molar-refractivity contribution in [3.8, 4) is 0 Å². The maximum atomic E-state index is 13.9. The van der Waals surface area contributed by atoms with Crippen molar-refractivity contribution in [2.75, 3.05) is 6.61 Å². The van der Waals surface area contributed by atoms with Crippen molar-refractivity contribution in [2.24, 2.45) is 23.2 Å². The smallest absolute Gasteiger partial charge is 0.328 e. The zero-order chi connectivity index (χ0) is 19.0. The van der Waals surface area contributed by atoms with E-state index in [4.69, 9.17) is 4.74 Å². The quantitative estimate of drug-likeness (QED) is 0.707. The first kappa shape index (κ1) is 18.5. The van der Waals surface area contributed by atoms with Crippen LogP contribution in [-0.2, 0) is 20.9 Å². The van der Waals surface area contributed by atoms with Crippen LogP contribution in [-0.4, -0.2) is 29.4 Å². The molecule has 4 nitrogen and oxygen atoms in total. The summed E-state index contributed by atoms with van der Waals surface area (Å²) in [6.45, 7) is 4.45. The van der Waals surface area contributed by atoms with Crippen LogP contribution in [0.5, 0.6) is 0 Å². The summed E-state index contributed by atoms with van der Waals surface area (Å²) in [4.78, 5) is 28.2. The van der Waals surface area contributed by atoms with Crippen LogP contribution < -0.4 is 0 Å². The van der Waals surface area contributed by atoms with Crippen molar-refractivity contribution in [2.45, 2.75) is 65.0 Å². The lowest BCUT2D eigenvalue weighted by atomic mass is 9.49. The number of hydrogen-bond donors (Lipinski definition) is 0. The molecule has 4 heteroatoms. The molecule has 1 unspecified atom stereocenters. The lowest BCUT2D eigenvalue weighted by Gasteiger charge is -2.56. The third kappa shape index (κ3) is 3.51. The van der Waals surface area contributed by atoms with Crippen LogP contribution in [0.2, 0.25) is 0 Å². The lowest BCUT2D eigenvalue weighted by Crippen LogP contribution is -2.57. The van der Waals surface area contributed by atoms with Crippen LogP contribution in [0.1, 0.15) is 57.9 Å². The van der Waals surface area contributed by atoms with Gasteiger partial charge in [-0.25, -0.2) is 4.79 Å². The predicted octanol–water partition coefficient (Wildman–Crippen LogP) is 4.18. The number of carbonyl (C=O) groups excluding carboxylic acids is 2. The molecular weight excluding hydrogens is 338 g/mol. The molecule has 1 atom stereocenters. The summed E-state index contributed by atoms with van der Waals surface area (Å²) in [5.74, 6) is 2.00. The Kier molecular flexibility index (Phi) is 5.00. The number of ether oxygens (including phenoxy) is 1. The first-order chi connectivity index (χ1) is 13.0. The molecule has 0 radical (unpaired) electrons. The molecule has 1 amide bonds. The van der Waals surface area contributed by atoms with E-state index >= 15 is 0 Å². The largest absolute Gasteiger partial charge is 0.464 e. The average Bonchev–Trinajstić information content (AvgIpc) is 2.65. The highest BCUT2D eigenvalue weighted by molar-refractivity contribution is 5.88. The van der Waals surface area contributed by atoms with E-state index in [0.717, 1.165) is 24.8 Å². The molecular formula is C23H31NO3. The fourth-order valence-electron chi connectivity index (χ4n) is 6.23. The molecule has 5 rings (SSSR count). The predicted molar refractivity (Wildman–Crippen MR) is 104 cm³/mol. The fourth-order valence-corrected chi connectivity index (χ4v) is 6.23. The summed E-state index contributed by atoms with van der Waals surface area (Å²) in [6, 6.07) is 9.44. The summed E-state index contributed by atoms with van der Waals surface area (Å²) in [6.07, 6.45) is 6.95. The van der Waals surface area contributed by atoms with Crippen LogP contribution >= 0.6 is 0 Å². The molecule has 0 aromatic heterocycles. The minimum Gasteiger partial charge on any atom is -0.464 e. The van der Waals surface area contributed by atoms with Gasteiger partial charge in [0.1, 0.15) is 6.04 Å². The molecule has 0 saturated heterocycles. The van der Waals surface area contributed by atoms with E-state index in [0.29, 0.717) is 30.9 Å². The van der Waals surface area contributed by atoms with Gasteiger partial charge in [-0.1, -0.05) is 30.3 Å². The minimum absolute atomic E-state index is 0.186. The maximum Gasteiger partial charge on any atom is 0.328 e. The first-order valence-corrected chi connectivity index (χ1v) is 10.5. The summed E-state index contributed by atoms with van der Waals surface area (Å²) in [7, 11) is 0. The zero-order valence-corrected chi connectivity index (χ0v) is 16.5. The van der Waals surface area contributed by atoms with Gasteiger partial charge in [0.15, 0.2) is 0 Å². The van der Waals surface area contributed by atoms with Gasteiger partial charge in [0.2, 0.25) is 5.91 Å². The molecule has 4 aliphatic rings. The zero-order valence-electron chi connectivity index (χ0n) is 16.5. The fraction of sp³-hybridized carbons (Fsp3) is 0.652. The van der Waals surface area contributed by atoms with Crippen molar-refractivity contribution in [3.63, 3.8) is 0 Å². The molecule has 0 heterocycles. The molecule has 4 aliphatic carbocycles. The first-order valence-electron chi connectivity index (χ1n) is 10.5. The van der Waals surface area contributed by atoms with Crippen molar-refractivity contribution < 1.29 is 14.3 Å². The van der Waals surface area contributed by atoms with Gasteiger partial charge in [0, 0.05) is 6.54 Å². The van der Waals surface area contributed by atoms with Crippen molar-refractivity contribution in [3.05, 3.63) is 35.9 Å². The van der Waals surface area contributed by atoms with Gasteiger partial charge >= 0.3 is 5.97 Å². The molecule has 0 spiro atoms. The second-order valence-electron chi connectivity index (χ2n) is 9.04. The Morgan fingerprint density at radius 3 is 2.15 bits per heavy atom. The highest BCUT2D eigenvalue weighted by Gasteiger charge is 2.56. The summed E-state index contributed by atoms with van der Waals surface area (Å²) >= 11 is 0. The molecule has 1 aromatic rings. The molecule has 1 aromatic carbocycles. The van der Waals surface area contributed by atoms with Crippen LogP contribution in [0.4, 0.5) is 0 Å². The Bertz CT molecular complexity index is 664. The van der Waals surface area contributed by atoms with Crippen molar-refractivity contribution in [1.29, 1.82) is 0 Å². The van der Waals surface area contributed by atoms with E-state index in [1.165, 1.54) is 19.3 Å². The summed E-state index contributed by atoms with van der Waals surface area (Å²) in [5.41, 5.74) is 0.816. The number of hydrogen-bond acceptors (Lipinski definition) is 3. The lowest BCUT2D eigenvalue weighted by molar-refractivity contribution is -0.167. The van der Waals surface area contributed by atoms with Gasteiger partial charge in [0.25, 0.3) is 0 Å². The molecule has 146 valence electrons. The van der Waals surface area contributed by atoms with Gasteiger partial charge in [-0.05, 0) is 75.7 Å². The molecule has 0 N–H and O–H groups in total. The molecule has 0 aliphatic heterocycles. The standard InChI is InChI=1S/C23H31NO3/c1-3-27-21(25)16(2)24(15-17-7-5-4-6-8-17)22(26)23-12-18-9-19(13-23)11-20(10-18)14-23/h4-8,16,18-20H,3,9-15H2,1-2H3. The highest BCUT2D eigenvalue weighted by atomic mass is 16.5. The molecule has 27 heavy (non-hydrogen) atoms. The van der Waals surface area contributed by atoms with E-state index in [-0.39, 0.29) is 17.3 Å². The Balaban J connectivity index is 1.61. The maximum absolute atomic E-state index is 13.9. The number of esters is 1. The molecule has 4 fully saturated rings. The Hall–Kier alpha value is -1.84. The van der Waals surface area contributed by atoms with E-state index < -0.39 is 6.04 Å². The van der Waals surface area contributed by atoms with Crippen LogP contribution in [0.3, 0.4) is 0 Å². The monoisotopic (exact) mass is 369 g/mol. The number of carbonyl (C=O) groups is 2. The van der Waals surface area contributed by atoms with Gasteiger partial charge in [-0.2, -0.15) is 0 Å². The van der Waals surface area contributed by atoms with E-state index in [9.17, 15) is 9.59 Å². The Morgan fingerprint density at radius 2 is 1.63 bits per heavy atom. The number of amides is 1. The third-order valence-electron chi connectivity index (χ3n) is 7.04. The second kappa shape index (κ2) is 7.29. The van der Waals surface area contributed by atoms with Gasteiger partial charge in [-0.15, -0.1) is 0 Å². The number of benzene rings is 1. The minimum atomic E-state index is -0.550. The van der Waals surface area contributed by atoms with E-state index in [1.54, 1.807) is 4.90 Å². The van der Waals surface area contributed by atoms with Crippen molar-refractivity contribution in [1.82, 2.24) is 4.90 Å². The Morgan fingerprint density at radius 1 is 1.07 bits per heavy atom. The Labute approximate surface area is 162 Å². The average molecular weight is 370 g/mol. The molecule has 4 bridgehead atoms.